The number of aryl methyl sites for hydroxylation is 1. The number of halogens is 2. The summed E-state index contributed by atoms with van der Waals surface area (Å²) in [7, 11) is 0. The first kappa shape index (κ1) is 13.8. The molecule has 0 saturated heterocycles. The van der Waals surface area contributed by atoms with Crippen molar-refractivity contribution in [2.24, 2.45) is 0 Å². The van der Waals surface area contributed by atoms with Gasteiger partial charge in [-0.15, -0.1) is 0 Å². The van der Waals surface area contributed by atoms with Crippen LogP contribution in [0.2, 0.25) is 0 Å². The zero-order chi connectivity index (χ0) is 14.3. The van der Waals surface area contributed by atoms with Crippen LogP contribution in [0.1, 0.15) is 27.0 Å². The van der Waals surface area contributed by atoms with Crippen molar-refractivity contribution < 1.29 is 9.53 Å². The molecule has 1 aliphatic rings. The van der Waals surface area contributed by atoms with Gasteiger partial charge in [0, 0.05) is 20.9 Å². The van der Waals surface area contributed by atoms with Gasteiger partial charge in [-0.3, -0.25) is 4.79 Å². The van der Waals surface area contributed by atoms with Crippen molar-refractivity contribution in [2.45, 2.75) is 13.3 Å². The first-order chi connectivity index (χ1) is 9.58. The minimum Gasteiger partial charge on any atom is -0.492 e. The molecule has 0 saturated carbocycles. The van der Waals surface area contributed by atoms with Gasteiger partial charge >= 0.3 is 0 Å². The molecule has 0 unspecified atom stereocenters. The number of carbonyl (C=O) groups excluding carboxylic acids is 1. The Labute approximate surface area is 134 Å². The summed E-state index contributed by atoms with van der Waals surface area (Å²) in [5.41, 5.74) is 3.42. The molecule has 2 nitrogen and oxygen atoms in total. The number of carbonyl (C=O) groups is 1. The lowest BCUT2D eigenvalue weighted by Gasteiger charge is -2.10. The van der Waals surface area contributed by atoms with Crippen molar-refractivity contribution in [3.8, 4) is 5.75 Å². The van der Waals surface area contributed by atoms with Crippen LogP contribution < -0.4 is 4.74 Å². The maximum Gasteiger partial charge on any atom is 0.197 e. The van der Waals surface area contributed by atoms with E-state index in [0.717, 1.165) is 32.2 Å². The summed E-state index contributed by atoms with van der Waals surface area (Å²) in [6, 6.07) is 9.56. The van der Waals surface area contributed by atoms with Crippen LogP contribution in [-0.4, -0.2) is 12.4 Å². The molecule has 2 aromatic rings. The standard InChI is InChI=1S/C16H12Br2O2/c1-9-3-2-4-12(14(9)18)15(19)13-8-11(17)7-10-5-6-20-16(10)13/h2-4,7-8H,5-6H2,1H3. The second-order valence-electron chi connectivity index (χ2n) is 4.81. The summed E-state index contributed by atoms with van der Waals surface area (Å²) in [6.45, 7) is 2.61. The maximum absolute atomic E-state index is 12.8. The van der Waals surface area contributed by atoms with E-state index < -0.39 is 0 Å². The second-order valence-corrected chi connectivity index (χ2v) is 6.51. The Balaban J connectivity index is 2.14. The monoisotopic (exact) mass is 394 g/mol. The number of ketones is 1. The smallest absolute Gasteiger partial charge is 0.197 e. The summed E-state index contributed by atoms with van der Waals surface area (Å²) in [5, 5.41) is 0. The lowest BCUT2D eigenvalue weighted by Crippen LogP contribution is -2.05. The lowest BCUT2D eigenvalue weighted by molar-refractivity contribution is 0.103. The van der Waals surface area contributed by atoms with Crippen molar-refractivity contribution in [3.63, 3.8) is 0 Å². The summed E-state index contributed by atoms with van der Waals surface area (Å²) in [5.74, 6) is 0.714. The molecule has 0 radical (unpaired) electrons. The van der Waals surface area contributed by atoms with E-state index in [1.165, 1.54) is 0 Å². The third-order valence-corrected chi connectivity index (χ3v) is 4.94. The normalized spacial score (nSPS) is 12.9. The molecule has 2 aromatic carbocycles. The number of benzene rings is 2. The van der Waals surface area contributed by atoms with E-state index in [1.54, 1.807) is 0 Å². The zero-order valence-electron chi connectivity index (χ0n) is 10.9. The quantitative estimate of drug-likeness (QED) is 0.689. The SMILES string of the molecule is Cc1cccc(C(=O)c2cc(Br)cc3c2OCC3)c1Br. The Morgan fingerprint density at radius 2 is 2.00 bits per heavy atom. The van der Waals surface area contributed by atoms with Crippen molar-refractivity contribution in [1.29, 1.82) is 0 Å². The second kappa shape index (κ2) is 5.34. The average molecular weight is 396 g/mol. The van der Waals surface area contributed by atoms with Crippen LogP contribution in [0.25, 0.3) is 0 Å². The van der Waals surface area contributed by atoms with E-state index in [2.05, 4.69) is 31.9 Å². The van der Waals surface area contributed by atoms with Gasteiger partial charge < -0.3 is 4.74 Å². The van der Waals surface area contributed by atoms with E-state index in [-0.39, 0.29) is 5.78 Å². The van der Waals surface area contributed by atoms with Gasteiger partial charge in [0.05, 0.1) is 12.2 Å². The topological polar surface area (TPSA) is 26.3 Å². The van der Waals surface area contributed by atoms with Crippen LogP contribution in [-0.2, 0) is 6.42 Å². The molecule has 3 rings (SSSR count). The highest BCUT2D eigenvalue weighted by Gasteiger charge is 2.24. The van der Waals surface area contributed by atoms with Crippen LogP contribution in [0.4, 0.5) is 0 Å². The molecule has 20 heavy (non-hydrogen) atoms. The lowest BCUT2D eigenvalue weighted by atomic mass is 9.99. The number of hydrogen-bond acceptors (Lipinski definition) is 2. The molecule has 0 N–H and O–H groups in total. The van der Waals surface area contributed by atoms with E-state index in [0.29, 0.717) is 17.7 Å². The molecule has 102 valence electrons. The molecule has 0 atom stereocenters. The molecular formula is C16H12Br2O2. The summed E-state index contributed by atoms with van der Waals surface area (Å²) in [6.07, 6.45) is 0.851. The molecule has 0 amide bonds. The van der Waals surface area contributed by atoms with Gasteiger partial charge in [-0.05, 0) is 52.2 Å². The van der Waals surface area contributed by atoms with E-state index in [4.69, 9.17) is 4.74 Å². The minimum atomic E-state index is -0.0139. The fourth-order valence-electron chi connectivity index (χ4n) is 2.41. The molecule has 1 aliphatic heterocycles. The number of fused-ring (bicyclic) bond motifs is 1. The van der Waals surface area contributed by atoms with Crippen LogP contribution in [0, 0.1) is 6.92 Å². The summed E-state index contributed by atoms with van der Waals surface area (Å²) < 4.78 is 7.40. The molecular weight excluding hydrogens is 384 g/mol. The van der Waals surface area contributed by atoms with Crippen LogP contribution >= 0.6 is 31.9 Å². The Kier molecular flexibility index (Phi) is 3.69. The van der Waals surface area contributed by atoms with Gasteiger partial charge in [0.15, 0.2) is 5.78 Å². The van der Waals surface area contributed by atoms with E-state index in [9.17, 15) is 4.79 Å². The largest absolute Gasteiger partial charge is 0.492 e. The van der Waals surface area contributed by atoms with E-state index in [1.807, 2.05) is 37.3 Å². The van der Waals surface area contributed by atoms with Gasteiger partial charge in [-0.25, -0.2) is 0 Å². The third-order valence-electron chi connectivity index (χ3n) is 3.43. The first-order valence-corrected chi connectivity index (χ1v) is 7.91. The molecule has 1 heterocycles. The fraction of sp³-hybridized carbons (Fsp3) is 0.188. The molecule has 0 spiro atoms. The number of ether oxygens (including phenoxy) is 1. The Bertz CT molecular complexity index is 708. The highest BCUT2D eigenvalue weighted by molar-refractivity contribution is 9.10. The number of hydrogen-bond donors (Lipinski definition) is 0. The third kappa shape index (κ3) is 2.31. The van der Waals surface area contributed by atoms with Crippen LogP contribution in [0.5, 0.6) is 5.75 Å². The van der Waals surface area contributed by atoms with Gasteiger partial charge in [-0.2, -0.15) is 0 Å². The molecule has 0 bridgehead atoms. The van der Waals surface area contributed by atoms with E-state index >= 15 is 0 Å². The van der Waals surface area contributed by atoms with Crippen molar-refractivity contribution in [2.75, 3.05) is 6.61 Å². The van der Waals surface area contributed by atoms with Crippen LogP contribution in [0.3, 0.4) is 0 Å². The molecule has 0 aliphatic carbocycles. The minimum absolute atomic E-state index is 0.0139. The van der Waals surface area contributed by atoms with Gasteiger partial charge in [0.25, 0.3) is 0 Å². The van der Waals surface area contributed by atoms with Gasteiger partial charge in [0.2, 0.25) is 0 Å². The van der Waals surface area contributed by atoms with Crippen LogP contribution in [0.15, 0.2) is 39.3 Å². The molecule has 4 heteroatoms. The zero-order valence-corrected chi connectivity index (χ0v) is 14.0. The Hall–Kier alpha value is -1.13. The van der Waals surface area contributed by atoms with Gasteiger partial charge in [-0.1, -0.05) is 28.1 Å². The summed E-state index contributed by atoms with van der Waals surface area (Å²) >= 11 is 6.97. The van der Waals surface area contributed by atoms with Crippen molar-refractivity contribution >= 4 is 37.6 Å². The average Bonchev–Trinajstić information content (AvgIpc) is 2.88. The van der Waals surface area contributed by atoms with Crippen molar-refractivity contribution in [1.82, 2.24) is 0 Å². The highest BCUT2D eigenvalue weighted by Crippen LogP contribution is 2.35. The summed E-state index contributed by atoms with van der Waals surface area (Å²) in [4.78, 5) is 12.8. The molecule has 0 fully saturated rings. The number of rotatable bonds is 2. The first-order valence-electron chi connectivity index (χ1n) is 6.33. The van der Waals surface area contributed by atoms with Crippen molar-refractivity contribution in [3.05, 3.63) is 61.5 Å². The fourth-order valence-corrected chi connectivity index (χ4v) is 3.36. The maximum atomic E-state index is 12.8. The predicted octanol–water partition coefficient (Wildman–Crippen LogP) is 4.69. The highest BCUT2D eigenvalue weighted by atomic mass is 79.9. The predicted molar refractivity (Wildman–Crippen MR) is 85.7 cm³/mol. The Morgan fingerprint density at radius 1 is 1.20 bits per heavy atom. The molecule has 0 aromatic heterocycles. The Morgan fingerprint density at radius 3 is 2.80 bits per heavy atom. The van der Waals surface area contributed by atoms with Gasteiger partial charge in [0.1, 0.15) is 5.75 Å².